The van der Waals surface area contributed by atoms with Gasteiger partial charge in [-0.15, -0.1) is 0 Å². The molecule has 0 spiro atoms. The second-order valence-electron chi connectivity index (χ2n) is 6.73. The number of hydrogen-bond donors (Lipinski definition) is 0. The van der Waals surface area contributed by atoms with E-state index in [-0.39, 0.29) is 10.8 Å². The van der Waals surface area contributed by atoms with Crippen LogP contribution in [-0.4, -0.2) is 44.8 Å². The van der Waals surface area contributed by atoms with Gasteiger partial charge in [0.25, 0.3) is 0 Å². The molecule has 0 amide bonds. The number of rotatable bonds is 5. The largest absolute Gasteiger partial charge is 0.497 e. The minimum atomic E-state index is -3.37. The van der Waals surface area contributed by atoms with Gasteiger partial charge in [0.2, 0.25) is 0 Å². The molecule has 1 fully saturated rings. The Morgan fingerprint density at radius 3 is 2.88 bits per heavy atom. The van der Waals surface area contributed by atoms with E-state index >= 15 is 0 Å². The molecule has 0 radical (unpaired) electrons. The lowest BCUT2D eigenvalue weighted by Crippen LogP contribution is -2.34. The Morgan fingerprint density at radius 1 is 1.35 bits per heavy atom. The number of likely N-dealkylation sites (tertiary alicyclic amines) is 1. The van der Waals surface area contributed by atoms with Crippen molar-refractivity contribution in [1.29, 1.82) is 0 Å². The summed E-state index contributed by atoms with van der Waals surface area (Å²) in [6.45, 7) is 2.55. The van der Waals surface area contributed by atoms with Crippen molar-refractivity contribution in [1.82, 2.24) is 9.88 Å². The van der Waals surface area contributed by atoms with Crippen molar-refractivity contribution in [2.75, 3.05) is 26.5 Å². The predicted molar refractivity (Wildman–Crippen MR) is 103 cm³/mol. The van der Waals surface area contributed by atoms with Gasteiger partial charge < -0.3 is 4.74 Å². The number of nitrogens with zero attached hydrogens (tertiary/aromatic N) is 2. The zero-order valence-electron chi connectivity index (χ0n) is 15.0. The van der Waals surface area contributed by atoms with E-state index in [2.05, 4.69) is 16.0 Å². The fourth-order valence-corrected chi connectivity index (χ4v) is 4.65. The average Bonchev–Trinajstić information content (AvgIpc) is 2.61. The van der Waals surface area contributed by atoms with Crippen molar-refractivity contribution in [2.24, 2.45) is 0 Å². The van der Waals surface area contributed by atoms with Gasteiger partial charge in [-0.3, -0.25) is 9.88 Å². The van der Waals surface area contributed by atoms with E-state index in [0.29, 0.717) is 10.7 Å². The first-order valence-electron chi connectivity index (χ1n) is 8.57. The van der Waals surface area contributed by atoms with Crippen LogP contribution in [0.4, 0.5) is 0 Å². The smallest absolute Gasteiger partial charge is 0.177 e. The van der Waals surface area contributed by atoms with Crippen LogP contribution in [0.15, 0.2) is 41.4 Å². The normalized spacial score (nSPS) is 18.7. The Hall–Kier alpha value is -1.63. The van der Waals surface area contributed by atoms with Gasteiger partial charge in [0.15, 0.2) is 9.84 Å². The van der Waals surface area contributed by atoms with Crippen LogP contribution >= 0.6 is 11.6 Å². The molecule has 1 aliphatic heterocycles. The van der Waals surface area contributed by atoms with Crippen molar-refractivity contribution in [3.05, 3.63) is 52.8 Å². The Bertz CT molecular complexity index is 886. The molecule has 1 atom stereocenters. The Labute approximate surface area is 159 Å². The second kappa shape index (κ2) is 7.94. The number of methoxy groups -OCH3 is 1. The molecular weight excluding hydrogens is 372 g/mol. The molecule has 1 aliphatic rings. The molecule has 3 rings (SSSR count). The van der Waals surface area contributed by atoms with Crippen LogP contribution in [0.5, 0.6) is 5.75 Å². The molecule has 2 heterocycles. The summed E-state index contributed by atoms with van der Waals surface area (Å²) in [7, 11) is -1.71. The minimum absolute atomic E-state index is 0.0800. The van der Waals surface area contributed by atoms with Gasteiger partial charge in [-0.1, -0.05) is 23.7 Å². The van der Waals surface area contributed by atoms with Crippen LogP contribution in [0.2, 0.25) is 5.02 Å². The Kier molecular flexibility index (Phi) is 5.85. The summed E-state index contributed by atoms with van der Waals surface area (Å²) in [5.74, 6) is 0.922. The zero-order chi connectivity index (χ0) is 18.7. The molecule has 0 saturated carbocycles. The fraction of sp³-hybridized carbons (Fsp3) is 0.421. The van der Waals surface area contributed by atoms with E-state index < -0.39 is 9.84 Å². The van der Waals surface area contributed by atoms with Gasteiger partial charge in [0.05, 0.1) is 22.7 Å². The summed E-state index contributed by atoms with van der Waals surface area (Å²) in [5, 5.41) is 0.346. The number of benzene rings is 1. The Balaban J connectivity index is 1.81. The molecule has 26 heavy (non-hydrogen) atoms. The van der Waals surface area contributed by atoms with E-state index in [1.165, 1.54) is 24.1 Å². The third kappa shape index (κ3) is 4.55. The van der Waals surface area contributed by atoms with Crippen LogP contribution in [0.25, 0.3) is 0 Å². The number of halogens is 1. The molecule has 5 nitrogen and oxygen atoms in total. The lowest BCUT2D eigenvalue weighted by Gasteiger charge is -2.33. The van der Waals surface area contributed by atoms with Gasteiger partial charge in [0.1, 0.15) is 5.75 Å². The van der Waals surface area contributed by atoms with Gasteiger partial charge in [-0.2, -0.15) is 0 Å². The lowest BCUT2D eigenvalue weighted by molar-refractivity contribution is 0.197. The maximum absolute atomic E-state index is 12.2. The van der Waals surface area contributed by atoms with Crippen molar-refractivity contribution >= 4 is 21.4 Å². The standard InChI is InChI=1S/C19H23ClN2O3S/c1-25-17-7-3-5-14(9-17)12-22-8-4-6-15(13-22)19-18(26(2,23)24)10-16(20)11-21-19/h3,5,7,9-11,15H,4,6,8,12-13H2,1-2H3/t15-/m1/s1. The van der Waals surface area contributed by atoms with Gasteiger partial charge in [-0.05, 0) is 43.1 Å². The summed E-state index contributed by atoms with van der Waals surface area (Å²) < 4.78 is 29.6. The third-order valence-corrected chi connectivity index (χ3v) is 6.01. The number of piperidine rings is 1. The lowest BCUT2D eigenvalue weighted by atomic mass is 9.94. The molecule has 1 saturated heterocycles. The number of aromatic nitrogens is 1. The summed E-state index contributed by atoms with van der Waals surface area (Å²) in [6.07, 6.45) is 4.67. The molecule has 0 N–H and O–H groups in total. The van der Waals surface area contributed by atoms with Crippen LogP contribution < -0.4 is 4.74 Å². The number of sulfone groups is 1. The summed E-state index contributed by atoms with van der Waals surface area (Å²) in [6, 6.07) is 9.54. The van der Waals surface area contributed by atoms with Crippen LogP contribution in [-0.2, 0) is 16.4 Å². The molecule has 2 aromatic rings. The molecule has 7 heteroatoms. The zero-order valence-corrected chi connectivity index (χ0v) is 16.6. The van der Waals surface area contributed by atoms with E-state index in [1.807, 2.05) is 18.2 Å². The number of pyridine rings is 1. The monoisotopic (exact) mass is 394 g/mol. The first-order valence-corrected chi connectivity index (χ1v) is 10.8. The highest BCUT2D eigenvalue weighted by Gasteiger charge is 2.27. The topological polar surface area (TPSA) is 59.5 Å². The molecule has 1 aromatic carbocycles. The second-order valence-corrected chi connectivity index (χ2v) is 9.16. The molecule has 0 aliphatic carbocycles. The quantitative estimate of drug-likeness (QED) is 0.776. The molecule has 0 bridgehead atoms. The van der Waals surface area contributed by atoms with Gasteiger partial charge in [-0.25, -0.2) is 8.42 Å². The van der Waals surface area contributed by atoms with E-state index in [0.717, 1.165) is 38.2 Å². The first kappa shape index (κ1) is 19.1. The first-order chi connectivity index (χ1) is 12.4. The maximum Gasteiger partial charge on any atom is 0.177 e. The van der Waals surface area contributed by atoms with Crippen molar-refractivity contribution in [3.8, 4) is 5.75 Å². The third-order valence-electron chi connectivity index (χ3n) is 4.68. The summed E-state index contributed by atoms with van der Waals surface area (Å²) >= 11 is 5.98. The van der Waals surface area contributed by atoms with Crippen molar-refractivity contribution in [3.63, 3.8) is 0 Å². The minimum Gasteiger partial charge on any atom is -0.497 e. The molecule has 1 aromatic heterocycles. The Morgan fingerprint density at radius 2 is 2.15 bits per heavy atom. The highest BCUT2D eigenvalue weighted by molar-refractivity contribution is 7.90. The number of ether oxygens (including phenoxy) is 1. The fourth-order valence-electron chi connectivity index (χ4n) is 3.49. The predicted octanol–water partition coefficient (Wildman–Crippen LogP) is 3.53. The highest BCUT2D eigenvalue weighted by Crippen LogP contribution is 2.32. The molecule has 0 unspecified atom stereocenters. The van der Waals surface area contributed by atoms with E-state index in [9.17, 15) is 8.42 Å². The van der Waals surface area contributed by atoms with Gasteiger partial charge >= 0.3 is 0 Å². The SMILES string of the molecule is COc1cccc(CN2CCC[C@@H](c3ncc(Cl)cc3S(C)(=O)=O)C2)c1. The van der Waals surface area contributed by atoms with E-state index in [4.69, 9.17) is 16.3 Å². The summed E-state index contributed by atoms with van der Waals surface area (Å²) in [5.41, 5.74) is 1.81. The molecular formula is C19H23ClN2O3S. The molecule has 140 valence electrons. The average molecular weight is 395 g/mol. The number of hydrogen-bond acceptors (Lipinski definition) is 5. The van der Waals surface area contributed by atoms with Crippen molar-refractivity contribution in [2.45, 2.75) is 30.2 Å². The maximum atomic E-state index is 12.2. The summed E-state index contributed by atoms with van der Waals surface area (Å²) in [4.78, 5) is 6.97. The van der Waals surface area contributed by atoms with Crippen LogP contribution in [0.3, 0.4) is 0 Å². The van der Waals surface area contributed by atoms with Gasteiger partial charge in [0, 0.05) is 31.5 Å². The highest BCUT2D eigenvalue weighted by atomic mass is 35.5. The van der Waals surface area contributed by atoms with Crippen LogP contribution in [0, 0.1) is 0 Å². The van der Waals surface area contributed by atoms with Crippen LogP contribution in [0.1, 0.15) is 30.0 Å². The van der Waals surface area contributed by atoms with Crippen molar-refractivity contribution < 1.29 is 13.2 Å². The van der Waals surface area contributed by atoms with E-state index in [1.54, 1.807) is 7.11 Å².